The fraction of sp³-hybridized carbons (Fsp3) is 0.500. The second kappa shape index (κ2) is 13.4. The third kappa shape index (κ3) is 7.53. The van der Waals surface area contributed by atoms with Crippen LogP contribution in [-0.2, 0) is 20.7 Å². The van der Waals surface area contributed by atoms with Gasteiger partial charge in [0.2, 0.25) is 5.91 Å². The summed E-state index contributed by atoms with van der Waals surface area (Å²) < 4.78 is 16.9. The molecule has 8 heteroatoms. The van der Waals surface area contributed by atoms with E-state index < -0.39 is 0 Å². The van der Waals surface area contributed by atoms with E-state index in [2.05, 4.69) is 48.3 Å². The number of ether oxygens (including phenoxy) is 3. The van der Waals surface area contributed by atoms with E-state index in [1.807, 2.05) is 6.07 Å². The molecule has 2 amide bonds. The van der Waals surface area contributed by atoms with E-state index in [1.165, 1.54) is 12.7 Å². The first-order valence-electron chi connectivity index (χ1n) is 12.4. The van der Waals surface area contributed by atoms with Gasteiger partial charge in [0.25, 0.3) is 5.91 Å². The first-order valence-corrected chi connectivity index (χ1v) is 12.4. The number of anilines is 1. The summed E-state index contributed by atoms with van der Waals surface area (Å²) in [7, 11) is 4.92. The van der Waals surface area contributed by atoms with Crippen molar-refractivity contribution >= 4 is 17.5 Å². The standard InChI is InChI=1S/C28H39N3O5/c1-20-16-31(14-13-22-9-7-6-8-10-22)21(2)18-36-25-12-11-23(29-27(32)19-34-4)15-24(25)28(33)30(3)17-26(20)35-5/h6-12,15,20-21,26H,13-14,16-19H2,1-5H3,(H,29,32)/t20-,21+,26+/m0/s1. The molecule has 0 fully saturated rings. The number of hydrogen-bond donors (Lipinski definition) is 1. The van der Waals surface area contributed by atoms with Crippen LogP contribution in [0.5, 0.6) is 5.75 Å². The highest BCUT2D eigenvalue weighted by molar-refractivity contribution is 5.99. The summed E-state index contributed by atoms with van der Waals surface area (Å²) in [5.74, 6) is 0.218. The van der Waals surface area contributed by atoms with Gasteiger partial charge in [-0.2, -0.15) is 0 Å². The summed E-state index contributed by atoms with van der Waals surface area (Å²) in [5.41, 5.74) is 2.22. The molecule has 1 N–H and O–H groups in total. The number of nitrogens with zero attached hydrogens (tertiary/aromatic N) is 2. The molecule has 1 heterocycles. The van der Waals surface area contributed by atoms with E-state index in [4.69, 9.17) is 14.2 Å². The predicted octanol–water partition coefficient (Wildman–Crippen LogP) is 3.32. The van der Waals surface area contributed by atoms with Crippen molar-refractivity contribution in [2.45, 2.75) is 32.4 Å². The summed E-state index contributed by atoms with van der Waals surface area (Å²) in [4.78, 5) is 29.5. The number of fused-ring (bicyclic) bond motifs is 1. The predicted molar refractivity (Wildman–Crippen MR) is 141 cm³/mol. The molecular weight excluding hydrogens is 458 g/mol. The Labute approximate surface area is 214 Å². The van der Waals surface area contributed by atoms with Gasteiger partial charge in [0.15, 0.2) is 0 Å². The summed E-state index contributed by atoms with van der Waals surface area (Å²) in [6, 6.07) is 15.7. The molecule has 36 heavy (non-hydrogen) atoms. The maximum Gasteiger partial charge on any atom is 0.257 e. The Kier molecular flexibility index (Phi) is 10.3. The zero-order valence-electron chi connectivity index (χ0n) is 22.0. The Balaban J connectivity index is 1.87. The van der Waals surface area contributed by atoms with Gasteiger partial charge in [-0.25, -0.2) is 0 Å². The lowest BCUT2D eigenvalue weighted by molar-refractivity contribution is -0.119. The molecule has 2 aromatic rings. The fourth-order valence-corrected chi connectivity index (χ4v) is 4.49. The first kappa shape index (κ1) is 27.6. The molecule has 0 saturated carbocycles. The Morgan fingerprint density at radius 3 is 2.56 bits per heavy atom. The SMILES string of the molecule is COCC(=O)Nc1ccc2c(c1)C(=O)N(C)C[C@@H](OC)[C@@H](C)CN(CCc1ccccc1)[C@H](C)CO2. The normalized spacial score (nSPS) is 21.6. The minimum atomic E-state index is -0.289. The van der Waals surface area contributed by atoms with Crippen LogP contribution in [-0.4, -0.2) is 87.9 Å². The van der Waals surface area contributed by atoms with Crippen molar-refractivity contribution < 1.29 is 23.8 Å². The molecule has 8 nitrogen and oxygen atoms in total. The number of carbonyl (C=O) groups is 2. The van der Waals surface area contributed by atoms with Crippen molar-refractivity contribution in [1.82, 2.24) is 9.80 Å². The summed E-state index contributed by atoms with van der Waals surface area (Å²) in [6.07, 6.45) is 0.813. The van der Waals surface area contributed by atoms with E-state index in [-0.39, 0.29) is 36.5 Å². The number of likely N-dealkylation sites (N-methyl/N-ethyl adjacent to an activating group) is 1. The molecule has 3 rings (SSSR count). The molecule has 0 aromatic heterocycles. The zero-order valence-corrected chi connectivity index (χ0v) is 22.0. The topological polar surface area (TPSA) is 80.3 Å². The number of benzene rings is 2. The number of amides is 2. The lowest BCUT2D eigenvalue weighted by Gasteiger charge is -2.36. The first-order chi connectivity index (χ1) is 17.3. The van der Waals surface area contributed by atoms with Crippen molar-refractivity contribution in [3.05, 3.63) is 59.7 Å². The smallest absolute Gasteiger partial charge is 0.257 e. The van der Waals surface area contributed by atoms with E-state index in [0.29, 0.717) is 30.2 Å². The van der Waals surface area contributed by atoms with Crippen LogP contribution in [0, 0.1) is 5.92 Å². The van der Waals surface area contributed by atoms with Crippen LogP contribution in [0.2, 0.25) is 0 Å². The van der Waals surface area contributed by atoms with E-state index in [9.17, 15) is 9.59 Å². The third-order valence-electron chi connectivity index (χ3n) is 6.66. The minimum absolute atomic E-state index is 0.0643. The number of rotatable bonds is 7. The van der Waals surface area contributed by atoms with Gasteiger partial charge >= 0.3 is 0 Å². The molecule has 0 unspecified atom stereocenters. The van der Waals surface area contributed by atoms with Crippen LogP contribution in [0.4, 0.5) is 5.69 Å². The monoisotopic (exact) mass is 497 g/mol. The number of carbonyl (C=O) groups excluding carboxylic acids is 2. The second-order valence-corrected chi connectivity index (χ2v) is 9.52. The van der Waals surface area contributed by atoms with Crippen LogP contribution in [0.15, 0.2) is 48.5 Å². The van der Waals surface area contributed by atoms with Crippen molar-refractivity contribution in [2.24, 2.45) is 5.92 Å². The van der Waals surface area contributed by atoms with E-state index in [1.54, 1.807) is 37.3 Å². The molecule has 1 aliphatic heterocycles. The third-order valence-corrected chi connectivity index (χ3v) is 6.66. The number of hydrogen-bond acceptors (Lipinski definition) is 6. The quantitative estimate of drug-likeness (QED) is 0.632. The fourth-order valence-electron chi connectivity index (χ4n) is 4.49. The number of nitrogens with one attached hydrogen (secondary N) is 1. The lowest BCUT2D eigenvalue weighted by atomic mass is 10.0. The van der Waals surface area contributed by atoms with Gasteiger partial charge in [-0.3, -0.25) is 14.5 Å². The molecule has 1 aliphatic rings. The Hall–Kier alpha value is -2.94. The van der Waals surface area contributed by atoms with Crippen LogP contribution >= 0.6 is 0 Å². The van der Waals surface area contributed by atoms with Gasteiger partial charge in [0, 0.05) is 52.6 Å². The van der Waals surface area contributed by atoms with Crippen LogP contribution in [0.1, 0.15) is 29.8 Å². The molecular formula is C28H39N3O5. The highest BCUT2D eigenvalue weighted by Crippen LogP contribution is 2.26. The molecule has 196 valence electrons. The highest BCUT2D eigenvalue weighted by atomic mass is 16.5. The molecule has 0 saturated heterocycles. The van der Waals surface area contributed by atoms with Crippen molar-refractivity contribution in [3.63, 3.8) is 0 Å². The van der Waals surface area contributed by atoms with Gasteiger partial charge in [0.05, 0.1) is 11.7 Å². The summed E-state index contributed by atoms with van der Waals surface area (Å²) in [5, 5.41) is 2.77. The van der Waals surface area contributed by atoms with Crippen molar-refractivity contribution in [3.8, 4) is 5.75 Å². The number of methoxy groups -OCH3 is 2. The van der Waals surface area contributed by atoms with Gasteiger partial charge in [-0.05, 0) is 43.0 Å². The van der Waals surface area contributed by atoms with E-state index >= 15 is 0 Å². The van der Waals surface area contributed by atoms with Crippen molar-refractivity contribution in [1.29, 1.82) is 0 Å². The minimum Gasteiger partial charge on any atom is -0.491 e. The highest BCUT2D eigenvalue weighted by Gasteiger charge is 2.28. The van der Waals surface area contributed by atoms with Gasteiger partial charge in [-0.15, -0.1) is 0 Å². The molecule has 3 atom stereocenters. The van der Waals surface area contributed by atoms with Crippen LogP contribution in [0.3, 0.4) is 0 Å². The zero-order chi connectivity index (χ0) is 26.1. The van der Waals surface area contributed by atoms with Crippen LogP contribution in [0.25, 0.3) is 0 Å². The van der Waals surface area contributed by atoms with E-state index in [0.717, 1.165) is 19.5 Å². The Morgan fingerprint density at radius 1 is 1.11 bits per heavy atom. The van der Waals surface area contributed by atoms with Crippen LogP contribution < -0.4 is 10.1 Å². The average Bonchev–Trinajstić information content (AvgIpc) is 2.88. The molecule has 0 radical (unpaired) electrons. The largest absolute Gasteiger partial charge is 0.491 e. The second-order valence-electron chi connectivity index (χ2n) is 9.52. The van der Waals surface area contributed by atoms with Gasteiger partial charge in [-0.1, -0.05) is 37.3 Å². The maximum absolute atomic E-state index is 13.4. The summed E-state index contributed by atoms with van der Waals surface area (Å²) >= 11 is 0. The lowest BCUT2D eigenvalue weighted by Crippen LogP contribution is -2.47. The Morgan fingerprint density at radius 2 is 1.86 bits per heavy atom. The molecule has 0 spiro atoms. The molecule has 0 bridgehead atoms. The summed E-state index contributed by atoms with van der Waals surface area (Å²) in [6.45, 7) is 6.84. The molecule has 2 aromatic carbocycles. The Bertz CT molecular complexity index is 1000. The maximum atomic E-state index is 13.4. The average molecular weight is 498 g/mol. The van der Waals surface area contributed by atoms with Crippen molar-refractivity contribution in [2.75, 3.05) is 59.4 Å². The van der Waals surface area contributed by atoms with Gasteiger partial charge in [0.1, 0.15) is 19.0 Å². The molecule has 0 aliphatic carbocycles. The van der Waals surface area contributed by atoms with Gasteiger partial charge < -0.3 is 24.4 Å².